The second kappa shape index (κ2) is 7.94. The maximum absolute atomic E-state index is 13.0. The number of nitrogens with zero attached hydrogens (tertiary/aromatic N) is 5. The van der Waals surface area contributed by atoms with Gasteiger partial charge in [0, 0.05) is 61.4 Å². The summed E-state index contributed by atoms with van der Waals surface area (Å²) in [4.78, 5) is 28.6. The summed E-state index contributed by atoms with van der Waals surface area (Å²) in [6, 6.07) is 7.11. The lowest BCUT2D eigenvalue weighted by Gasteiger charge is -2.45. The second-order valence-corrected chi connectivity index (χ2v) is 8.49. The maximum atomic E-state index is 13.0. The van der Waals surface area contributed by atoms with E-state index in [1.165, 1.54) is 0 Å². The van der Waals surface area contributed by atoms with Gasteiger partial charge in [0.1, 0.15) is 11.4 Å². The number of fused-ring (bicyclic) bond motifs is 2. The highest BCUT2D eigenvalue weighted by atomic mass is 35.5. The summed E-state index contributed by atoms with van der Waals surface area (Å²) in [6.07, 6.45) is 8.11. The molecular formula is C22H23ClN6O2. The van der Waals surface area contributed by atoms with Gasteiger partial charge in [0.05, 0.1) is 6.54 Å². The Morgan fingerprint density at radius 2 is 2.00 bits per heavy atom. The van der Waals surface area contributed by atoms with Crippen molar-refractivity contribution in [2.45, 2.75) is 38.0 Å². The topological polar surface area (TPSA) is 85.2 Å². The van der Waals surface area contributed by atoms with Crippen LogP contribution in [-0.2, 0) is 21.7 Å². The van der Waals surface area contributed by atoms with Gasteiger partial charge in [-0.3, -0.25) is 4.79 Å². The number of rotatable bonds is 3. The molecule has 1 unspecified atom stereocenters. The first-order valence-corrected chi connectivity index (χ1v) is 10.7. The number of piperidine rings is 1. The smallest absolute Gasteiger partial charge is 0.255 e. The molecule has 5 rings (SSSR count). The highest BCUT2D eigenvalue weighted by molar-refractivity contribution is 6.30. The summed E-state index contributed by atoms with van der Waals surface area (Å²) < 4.78 is 8.50. The molecule has 1 amide bonds. The van der Waals surface area contributed by atoms with Gasteiger partial charge < -0.3 is 19.5 Å². The number of anilines is 2. The lowest BCUT2D eigenvalue weighted by molar-refractivity contribution is -0.162. The summed E-state index contributed by atoms with van der Waals surface area (Å²) >= 11 is 6.05. The molecule has 0 aliphatic carbocycles. The first kappa shape index (κ1) is 20.0. The van der Waals surface area contributed by atoms with Crippen LogP contribution in [0.5, 0.6) is 0 Å². The summed E-state index contributed by atoms with van der Waals surface area (Å²) in [5, 5.41) is 3.50. The van der Waals surface area contributed by atoms with E-state index in [0.29, 0.717) is 30.1 Å². The molecule has 0 saturated carbocycles. The molecular weight excluding hydrogens is 416 g/mol. The monoisotopic (exact) mass is 438 g/mol. The van der Waals surface area contributed by atoms with E-state index < -0.39 is 11.7 Å². The average Bonchev–Trinajstić information content (AvgIpc) is 3.25. The number of halogens is 1. The van der Waals surface area contributed by atoms with Crippen LogP contribution in [-0.4, -0.2) is 44.6 Å². The standard InChI is InChI=1S/C22H23ClN6O2/c1-15-12-25-21(26-13-15)28-8-5-22(6-9-28)20-24-7-10-29(20)14-18(31-22)19(30)27-17-4-2-3-16(23)11-17/h2-4,7,10-13,18H,5-6,8-9,14H2,1H3,(H,27,30). The van der Waals surface area contributed by atoms with Crippen molar-refractivity contribution < 1.29 is 9.53 Å². The van der Waals surface area contributed by atoms with Crippen LogP contribution in [0, 0.1) is 6.92 Å². The molecule has 160 valence electrons. The van der Waals surface area contributed by atoms with Crippen LogP contribution in [0.1, 0.15) is 24.2 Å². The molecule has 1 saturated heterocycles. The largest absolute Gasteiger partial charge is 0.352 e. The number of hydrogen-bond acceptors (Lipinski definition) is 6. The molecule has 1 atom stereocenters. The molecule has 1 aromatic carbocycles. The predicted molar refractivity (Wildman–Crippen MR) is 117 cm³/mol. The molecule has 31 heavy (non-hydrogen) atoms. The highest BCUT2D eigenvalue weighted by Crippen LogP contribution is 2.40. The molecule has 1 fully saturated rings. The number of carbonyl (C=O) groups excluding carboxylic acids is 1. The molecule has 1 N–H and O–H groups in total. The van der Waals surface area contributed by atoms with Crippen molar-refractivity contribution >= 4 is 29.1 Å². The predicted octanol–water partition coefficient (Wildman–Crippen LogP) is 3.17. The van der Waals surface area contributed by atoms with E-state index in [2.05, 4.69) is 25.2 Å². The van der Waals surface area contributed by atoms with E-state index in [1.54, 1.807) is 24.4 Å². The summed E-state index contributed by atoms with van der Waals surface area (Å²) in [5.74, 6) is 1.41. The lowest BCUT2D eigenvalue weighted by atomic mass is 9.88. The van der Waals surface area contributed by atoms with Crippen LogP contribution < -0.4 is 10.2 Å². The fraction of sp³-hybridized carbons (Fsp3) is 0.364. The second-order valence-electron chi connectivity index (χ2n) is 8.05. The Kier molecular flexibility index (Phi) is 5.11. The number of carbonyl (C=O) groups is 1. The van der Waals surface area contributed by atoms with Crippen molar-refractivity contribution in [2.24, 2.45) is 0 Å². The minimum Gasteiger partial charge on any atom is -0.352 e. The first-order valence-electron chi connectivity index (χ1n) is 10.3. The van der Waals surface area contributed by atoms with Gasteiger partial charge in [-0.15, -0.1) is 0 Å². The lowest BCUT2D eigenvalue weighted by Crippen LogP contribution is -2.53. The van der Waals surface area contributed by atoms with Gasteiger partial charge in [-0.25, -0.2) is 15.0 Å². The normalized spacial score (nSPS) is 19.8. The Hall–Kier alpha value is -2.97. The van der Waals surface area contributed by atoms with Crippen LogP contribution in [0.2, 0.25) is 5.02 Å². The molecule has 4 heterocycles. The third kappa shape index (κ3) is 3.88. The molecule has 9 heteroatoms. The third-order valence-electron chi connectivity index (χ3n) is 5.86. The fourth-order valence-corrected chi connectivity index (χ4v) is 4.47. The zero-order valence-electron chi connectivity index (χ0n) is 17.2. The number of nitrogens with one attached hydrogen (secondary N) is 1. The Labute approximate surface area is 185 Å². The van der Waals surface area contributed by atoms with Crippen LogP contribution in [0.3, 0.4) is 0 Å². The van der Waals surface area contributed by atoms with E-state index in [1.807, 2.05) is 36.1 Å². The van der Waals surface area contributed by atoms with Gasteiger partial charge in [-0.05, 0) is 30.7 Å². The summed E-state index contributed by atoms with van der Waals surface area (Å²) in [6.45, 7) is 3.84. The number of ether oxygens (including phenoxy) is 1. The van der Waals surface area contributed by atoms with Crippen molar-refractivity contribution in [3.05, 3.63) is 65.5 Å². The van der Waals surface area contributed by atoms with Crippen molar-refractivity contribution in [3.63, 3.8) is 0 Å². The zero-order valence-corrected chi connectivity index (χ0v) is 17.9. The number of hydrogen-bond donors (Lipinski definition) is 1. The molecule has 0 radical (unpaired) electrons. The van der Waals surface area contributed by atoms with Gasteiger partial charge in [0.15, 0.2) is 6.10 Å². The Bertz CT molecular complexity index is 1090. The molecule has 1 spiro atoms. The van der Waals surface area contributed by atoms with Gasteiger partial charge in [0.25, 0.3) is 5.91 Å². The van der Waals surface area contributed by atoms with E-state index in [0.717, 1.165) is 30.4 Å². The van der Waals surface area contributed by atoms with Gasteiger partial charge in [-0.1, -0.05) is 17.7 Å². The quantitative estimate of drug-likeness (QED) is 0.676. The number of imidazole rings is 1. The van der Waals surface area contributed by atoms with Crippen LogP contribution in [0.15, 0.2) is 49.1 Å². The van der Waals surface area contributed by atoms with Crippen molar-refractivity contribution in [1.29, 1.82) is 0 Å². The molecule has 2 aliphatic rings. The Morgan fingerprint density at radius 1 is 1.23 bits per heavy atom. The molecule has 2 aromatic heterocycles. The molecule has 0 bridgehead atoms. The maximum Gasteiger partial charge on any atom is 0.255 e. The van der Waals surface area contributed by atoms with E-state index in [9.17, 15) is 4.79 Å². The number of benzene rings is 1. The Balaban J connectivity index is 1.34. The van der Waals surface area contributed by atoms with E-state index in [-0.39, 0.29) is 5.91 Å². The number of amides is 1. The molecule has 2 aliphatic heterocycles. The van der Waals surface area contributed by atoms with Gasteiger partial charge >= 0.3 is 0 Å². The Morgan fingerprint density at radius 3 is 2.74 bits per heavy atom. The molecule has 3 aromatic rings. The highest BCUT2D eigenvalue weighted by Gasteiger charge is 2.47. The third-order valence-corrected chi connectivity index (χ3v) is 6.09. The average molecular weight is 439 g/mol. The minimum atomic E-state index is -0.622. The van der Waals surface area contributed by atoms with Crippen LogP contribution in [0.4, 0.5) is 11.6 Å². The van der Waals surface area contributed by atoms with Gasteiger partial charge in [-0.2, -0.15) is 0 Å². The first-order chi connectivity index (χ1) is 15.0. The minimum absolute atomic E-state index is 0.190. The van der Waals surface area contributed by atoms with E-state index in [4.69, 9.17) is 16.3 Å². The summed E-state index contributed by atoms with van der Waals surface area (Å²) in [7, 11) is 0. The molecule has 8 nitrogen and oxygen atoms in total. The van der Waals surface area contributed by atoms with Crippen molar-refractivity contribution in [3.8, 4) is 0 Å². The SMILES string of the molecule is Cc1cnc(N2CCC3(CC2)OC(C(=O)Nc2cccc(Cl)c2)Cn2ccnc23)nc1. The van der Waals surface area contributed by atoms with Crippen molar-refractivity contribution in [2.75, 3.05) is 23.3 Å². The zero-order chi connectivity index (χ0) is 21.4. The van der Waals surface area contributed by atoms with Crippen LogP contribution in [0.25, 0.3) is 0 Å². The van der Waals surface area contributed by atoms with E-state index >= 15 is 0 Å². The van der Waals surface area contributed by atoms with Gasteiger partial charge in [0.2, 0.25) is 5.95 Å². The fourth-order valence-electron chi connectivity index (χ4n) is 4.28. The van der Waals surface area contributed by atoms with Crippen LogP contribution >= 0.6 is 11.6 Å². The van der Waals surface area contributed by atoms with Crippen molar-refractivity contribution in [1.82, 2.24) is 19.5 Å². The number of aromatic nitrogens is 4. The summed E-state index contributed by atoms with van der Waals surface area (Å²) in [5.41, 5.74) is 1.07. The number of aryl methyl sites for hydroxylation is 1.